The molecule has 0 fully saturated rings. The lowest BCUT2D eigenvalue weighted by Crippen LogP contribution is -2.43. The number of hydrogen-bond donors (Lipinski definition) is 0. The summed E-state index contributed by atoms with van der Waals surface area (Å²) < 4.78 is 27.1. The van der Waals surface area contributed by atoms with E-state index >= 15 is 0 Å². The van der Waals surface area contributed by atoms with Crippen LogP contribution in [0.15, 0.2) is 53.4 Å². The van der Waals surface area contributed by atoms with Gasteiger partial charge in [-0.3, -0.25) is 9.69 Å². The standard InChI is InChI=1S/C22H25N5O3S/c1-15(2)26(4)31(29,30)17-9-7-8-16(14-17)22(28)27-13-12-25(3)20-21(27)24-19-11-6-5-10-18(19)23-20/h5-11,14-15H,12-13H2,1-4H3. The molecule has 162 valence electrons. The molecule has 0 N–H and O–H groups in total. The third kappa shape index (κ3) is 3.75. The Balaban J connectivity index is 1.75. The molecule has 0 bridgehead atoms. The van der Waals surface area contributed by atoms with Crippen LogP contribution in [-0.2, 0) is 10.0 Å². The van der Waals surface area contributed by atoms with E-state index in [-0.39, 0.29) is 16.8 Å². The molecule has 9 heteroatoms. The average Bonchev–Trinajstić information content (AvgIpc) is 2.77. The van der Waals surface area contributed by atoms with Gasteiger partial charge in [-0.05, 0) is 44.2 Å². The molecular formula is C22H25N5O3S. The maximum absolute atomic E-state index is 13.4. The van der Waals surface area contributed by atoms with Crippen LogP contribution in [-0.4, -0.2) is 61.8 Å². The maximum Gasteiger partial charge on any atom is 0.259 e. The van der Waals surface area contributed by atoms with Crippen molar-refractivity contribution in [3.63, 3.8) is 0 Å². The molecule has 1 aromatic heterocycles. The molecular weight excluding hydrogens is 414 g/mol. The first-order valence-corrected chi connectivity index (χ1v) is 11.5. The summed E-state index contributed by atoms with van der Waals surface area (Å²) in [6.07, 6.45) is 0. The Kier molecular flexibility index (Phi) is 5.40. The second-order valence-electron chi connectivity index (χ2n) is 7.88. The fourth-order valence-corrected chi connectivity index (χ4v) is 4.88. The normalized spacial score (nSPS) is 14.4. The van der Waals surface area contributed by atoms with E-state index < -0.39 is 10.0 Å². The number of anilines is 2. The van der Waals surface area contributed by atoms with Gasteiger partial charge in [0.15, 0.2) is 11.6 Å². The lowest BCUT2D eigenvalue weighted by atomic mass is 10.2. The topological polar surface area (TPSA) is 86.7 Å². The van der Waals surface area contributed by atoms with Crippen LogP contribution in [0.3, 0.4) is 0 Å². The van der Waals surface area contributed by atoms with Crippen LogP contribution in [0.1, 0.15) is 24.2 Å². The molecule has 1 aliphatic heterocycles. The number of nitrogens with zero attached hydrogens (tertiary/aromatic N) is 5. The molecule has 2 heterocycles. The molecule has 1 amide bonds. The van der Waals surface area contributed by atoms with Crippen molar-refractivity contribution in [2.75, 3.05) is 37.0 Å². The monoisotopic (exact) mass is 439 g/mol. The lowest BCUT2D eigenvalue weighted by molar-refractivity contribution is 0.0985. The summed E-state index contributed by atoms with van der Waals surface area (Å²) in [5, 5.41) is 0. The van der Waals surface area contributed by atoms with E-state index in [1.165, 1.54) is 23.5 Å². The minimum absolute atomic E-state index is 0.0912. The third-order valence-corrected chi connectivity index (χ3v) is 7.57. The number of amides is 1. The zero-order chi connectivity index (χ0) is 22.3. The fraction of sp³-hybridized carbons (Fsp3) is 0.318. The van der Waals surface area contributed by atoms with Gasteiger partial charge in [-0.2, -0.15) is 4.31 Å². The Bertz CT molecular complexity index is 1260. The van der Waals surface area contributed by atoms with Gasteiger partial charge in [0.25, 0.3) is 5.91 Å². The summed E-state index contributed by atoms with van der Waals surface area (Å²) in [5.41, 5.74) is 1.75. The predicted octanol–water partition coefficient (Wildman–Crippen LogP) is 2.76. The molecule has 8 nitrogen and oxygen atoms in total. The smallest absolute Gasteiger partial charge is 0.259 e. The van der Waals surface area contributed by atoms with Gasteiger partial charge < -0.3 is 4.90 Å². The van der Waals surface area contributed by atoms with Crippen LogP contribution in [0.5, 0.6) is 0 Å². The number of sulfonamides is 1. The average molecular weight is 440 g/mol. The molecule has 2 aromatic carbocycles. The van der Waals surface area contributed by atoms with Crippen molar-refractivity contribution in [1.82, 2.24) is 14.3 Å². The van der Waals surface area contributed by atoms with Gasteiger partial charge in [0.05, 0.1) is 15.9 Å². The number of aromatic nitrogens is 2. The number of fused-ring (bicyclic) bond motifs is 2. The van der Waals surface area contributed by atoms with Crippen molar-refractivity contribution in [2.24, 2.45) is 0 Å². The van der Waals surface area contributed by atoms with Gasteiger partial charge in [0.1, 0.15) is 0 Å². The predicted molar refractivity (Wildman–Crippen MR) is 121 cm³/mol. The second kappa shape index (κ2) is 7.90. The zero-order valence-electron chi connectivity index (χ0n) is 18.0. The number of carbonyl (C=O) groups excluding carboxylic acids is 1. The maximum atomic E-state index is 13.4. The van der Waals surface area contributed by atoms with Gasteiger partial charge in [0, 0.05) is 38.8 Å². The first-order chi connectivity index (χ1) is 14.7. The summed E-state index contributed by atoms with van der Waals surface area (Å²) in [7, 11) is -0.247. The summed E-state index contributed by atoms with van der Waals surface area (Å²) in [6, 6.07) is 13.5. The minimum atomic E-state index is -3.70. The van der Waals surface area contributed by atoms with Crippen LogP contribution in [0.25, 0.3) is 11.0 Å². The Morgan fingerprint density at radius 1 is 1.00 bits per heavy atom. The van der Waals surface area contributed by atoms with E-state index in [0.717, 1.165) is 5.52 Å². The van der Waals surface area contributed by atoms with Crippen LogP contribution >= 0.6 is 0 Å². The third-order valence-electron chi connectivity index (χ3n) is 5.54. The Labute approximate surface area is 182 Å². The number of benzene rings is 2. The van der Waals surface area contributed by atoms with Gasteiger partial charge >= 0.3 is 0 Å². The van der Waals surface area contributed by atoms with Gasteiger partial charge in [-0.1, -0.05) is 18.2 Å². The van der Waals surface area contributed by atoms with Crippen molar-refractivity contribution in [3.8, 4) is 0 Å². The Hall–Kier alpha value is -3.04. The molecule has 0 saturated heterocycles. The molecule has 1 aliphatic rings. The number of likely N-dealkylation sites (N-methyl/N-ethyl adjacent to an activating group) is 1. The zero-order valence-corrected chi connectivity index (χ0v) is 18.8. The molecule has 0 radical (unpaired) electrons. The van der Waals surface area contributed by atoms with Crippen molar-refractivity contribution >= 4 is 38.6 Å². The first kappa shape index (κ1) is 21.2. The Morgan fingerprint density at radius 2 is 1.65 bits per heavy atom. The molecule has 3 aromatic rings. The van der Waals surface area contributed by atoms with Gasteiger partial charge in [-0.25, -0.2) is 18.4 Å². The fourth-order valence-electron chi connectivity index (χ4n) is 3.47. The lowest BCUT2D eigenvalue weighted by Gasteiger charge is -2.33. The highest BCUT2D eigenvalue weighted by atomic mass is 32.2. The quantitative estimate of drug-likeness (QED) is 0.621. The summed E-state index contributed by atoms with van der Waals surface area (Å²) in [6.45, 7) is 4.63. The minimum Gasteiger partial charge on any atom is -0.355 e. The first-order valence-electron chi connectivity index (χ1n) is 10.1. The SMILES string of the molecule is CC(C)N(C)S(=O)(=O)c1cccc(C(=O)N2CCN(C)c3nc4ccccc4nc32)c1. The number of rotatable bonds is 4. The van der Waals surface area contributed by atoms with E-state index in [4.69, 9.17) is 4.98 Å². The van der Waals surface area contributed by atoms with Crippen LogP contribution in [0.4, 0.5) is 11.6 Å². The van der Waals surface area contributed by atoms with Crippen LogP contribution in [0.2, 0.25) is 0 Å². The number of para-hydroxylation sites is 2. The molecule has 31 heavy (non-hydrogen) atoms. The molecule has 0 spiro atoms. The highest BCUT2D eigenvalue weighted by Crippen LogP contribution is 2.32. The van der Waals surface area contributed by atoms with E-state index in [2.05, 4.69) is 4.98 Å². The van der Waals surface area contributed by atoms with E-state index in [0.29, 0.717) is 35.8 Å². The molecule has 0 aliphatic carbocycles. The van der Waals surface area contributed by atoms with Crippen LogP contribution < -0.4 is 9.80 Å². The van der Waals surface area contributed by atoms with Crippen molar-refractivity contribution in [1.29, 1.82) is 0 Å². The largest absolute Gasteiger partial charge is 0.355 e. The van der Waals surface area contributed by atoms with Crippen molar-refractivity contribution in [3.05, 3.63) is 54.1 Å². The molecule has 0 saturated carbocycles. The van der Waals surface area contributed by atoms with Gasteiger partial charge in [-0.15, -0.1) is 0 Å². The number of hydrogen-bond acceptors (Lipinski definition) is 6. The Morgan fingerprint density at radius 3 is 2.29 bits per heavy atom. The second-order valence-corrected chi connectivity index (χ2v) is 9.88. The molecule has 0 atom stereocenters. The van der Waals surface area contributed by atoms with E-state index in [9.17, 15) is 13.2 Å². The number of carbonyl (C=O) groups is 1. The van der Waals surface area contributed by atoms with Crippen molar-refractivity contribution in [2.45, 2.75) is 24.8 Å². The van der Waals surface area contributed by atoms with E-state index in [1.54, 1.807) is 30.9 Å². The molecule has 4 rings (SSSR count). The molecule has 0 unspecified atom stereocenters. The van der Waals surface area contributed by atoms with E-state index in [1.807, 2.05) is 36.2 Å². The highest BCUT2D eigenvalue weighted by molar-refractivity contribution is 7.89. The summed E-state index contributed by atoms with van der Waals surface area (Å²) in [5.74, 6) is 0.801. The summed E-state index contributed by atoms with van der Waals surface area (Å²) >= 11 is 0. The van der Waals surface area contributed by atoms with Crippen molar-refractivity contribution < 1.29 is 13.2 Å². The van der Waals surface area contributed by atoms with Crippen LogP contribution in [0, 0.1) is 0 Å². The highest BCUT2D eigenvalue weighted by Gasteiger charge is 2.30. The van der Waals surface area contributed by atoms with Gasteiger partial charge in [0.2, 0.25) is 10.0 Å². The summed E-state index contributed by atoms with van der Waals surface area (Å²) in [4.78, 5) is 26.4.